The van der Waals surface area contributed by atoms with Gasteiger partial charge in [0.2, 0.25) is 5.89 Å². The Morgan fingerprint density at radius 2 is 2.44 bits per heavy atom. The van der Waals surface area contributed by atoms with Crippen LogP contribution in [0.5, 0.6) is 0 Å². The minimum atomic E-state index is -0.119. The molecule has 1 aromatic rings. The van der Waals surface area contributed by atoms with Crippen LogP contribution in [-0.4, -0.2) is 23.4 Å². The van der Waals surface area contributed by atoms with E-state index in [4.69, 9.17) is 15.0 Å². The van der Waals surface area contributed by atoms with E-state index in [-0.39, 0.29) is 6.04 Å². The summed E-state index contributed by atoms with van der Waals surface area (Å²) in [5.41, 5.74) is 5.91. The number of nitrogens with zero attached hydrogens (tertiary/aromatic N) is 2. The van der Waals surface area contributed by atoms with Crippen LogP contribution in [0.4, 0.5) is 0 Å². The van der Waals surface area contributed by atoms with Crippen molar-refractivity contribution in [2.24, 2.45) is 11.7 Å². The summed E-state index contributed by atoms with van der Waals surface area (Å²) in [6, 6.07) is -0.119. The number of ether oxygens (including phenoxy) is 1. The van der Waals surface area contributed by atoms with Gasteiger partial charge in [0.25, 0.3) is 0 Å². The molecule has 0 aromatic carbocycles. The maximum atomic E-state index is 5.91. The Bertz CT molecular complexity index is 321. The topological polar surface area (TPSA) is 74.2 Å². The van der Waals surface area contributed by atoms with Gasteiger partial charge in [-0.15, -0.1) is 0 Å². The number of hydrogen-bond acceptors (Lipinski definition) is 5. The van der Waals surface area contributed by atoms with Gasteiger partial charge in [-0.25, -0.2) is 0 Å². The molecule has 1 aliphatic heterocycles. The quantitative estimate of drug-likeness (QED) is 0.821. The van der Waals surface area contributed by atoms with Gasteiger partial charge in [-0.3, -0.25) is 0 Å². The van der Waals surface area contributed by atoms with Crippen LogP contribution in [0.1, 0.15) is 43.9 Å². The fourth-order valence-corrected chi connectivity index (χ4v) is 1.94. The molecule has 0 amide bonds. The van der Waals surface area contributed by atoms with E-state index < -0.39 is 0 Å². The normalized spacial score (nSPS) is 22.5. The third-order valence-electron chi connectivity index (χ3n) is 2.90. The lowest BCUT2D eigenvalue weighted by Crippen LogP contribution is -2.10. The van der Waals surface area contributed by atoms with Crippen molar-refractivity contribution >= 4 is 0 Å². The predicted molar refractivity (Wildman–Crippen MR) is 58.8 cm³/mol. The van der Waals surface area contributed by atoms with Gasteiger partial charge in [0.1, 0.15) is 0 Å². The zero-order chi connectivity index (χ0) is 11.4. The Hall–Kier alpha value is -0.940. The van der Waals surface area contributed by atoms with Crippen LogP contribution in [0, 0.1) is 5.92 Å². The summed E-state index contributed by atoms with van der Waals surface area (Å²) in [6.45, 7) is 3.75. The zero-order valence-corrected chi connectivity index (χ0v) is 9.69. The first-order valence-electron chi connectivity index (χ1n) is 5.95. The van der Waals surface area contributed by atoms with Gasteiger partial charge in [-0.2, -0.15) is 4.98 Å². The Balaban J connectivity index is 1.90. The summed E-state index contributed by atoms with van der Waals surface area (Å²) in [5.74, 6) is 1.86. The summed E-state index contributed by atoms with van der Waals surface area (Å²) in [5, 5.41) is 3.96. The van der Waals surface area contributed by atoms with Gasteiger partial charge in [0.15, 0.2) is 5.82 Å². The molecule has 1 saturated heterocycles. The van der Waals surface area contributed by atoms with Crippen molar-refractivity contribution in [1.82, 2.24) is 10.1 Å². The van der Waals surface area contributed by atoms with E-state index in [1.165, 1.54) is 0 Å². The van der Waals surface area contributed by atoms with Crippen LogP contribution in [0.15, 0.2) is 4.52 Å². The highest BCUT2D eigenvalue weighted by molar-refractivity contribution is 4.93. The second-order valence-electron chi connectivity index (χ2n) is 4.38. The van der Waals surface area contributed by atoms with Crippen LogP contribution >= 0.6 is 0 Å². The minimum absolute atomic E-state index is 0.119. The Labute approximate surface area is 95.3 Å². The van der Waals surface area contributed by atoms with Gasteiger partial charge < -0.3 is 15.0 Å². The molecule has 0 spiro atoms. The molecule has 1 aliphatic rings. The van der Waals surface area contributed by atoms with Crippen LogP contribution in [0.3, 0.4) is 0 Å². The molecule has 0 aliphatic carbocycles. The van der Waals surface area contributed by atoms with E-state index in [1.807, 2.05) is 0 Å². The molecule has 0 radical (unpaired) electrons. The smallest absolute Gasteiger partial charge is 0.243 e. The van der Waals surface area contributed by atoms with Gasteiger partial charge in [-0.1, -0.05) is 18.5 Å². The van der Waals surface area contributed by atoms with Gasteiger partial charge in [-0.05, 0) is 18.8 Å². The molecule has 1 fully saturated rings. The van der Waals surface area contributed by atoms with Gasteiger partial charge in [0, 0.05) is 19.6 Å². The number of nitrogens with two attached hydrogens (primary N) is 1. The largest absolute Gasteiger partial charge is 0.381 e. The van der Waals surface area contributed by atoms with Crippen molar-refractivity contribution in [1.29, 1.82) is 0 Å². The first kappa shape index (κ1) is 11.5. The molecule has 5 heteroatoms. The molecule has 0 saturated carbocycles. The van der Waals surface area contributed by atoms with Crippen LogP contribution in [0.25, 0.3) is 0 Å². The lowest BCUT2D eigenvalue weighted by atomic mass is 10.1. The Kier molecular flexibility index (Phi) is 3.90. The third-order valence-corrected chi connectivity index (χ3v) is 2.90. The van der Waals surface area contributed by atoms with Gasteiger partial charge >= 0.3 is 0 Å². The van der Waals surface area contributed by atoms with Crippen molar-refractivity contribution < 1.29 is 9.26 Å². The second-order valence-corrected chi connectivity index (χ2v) is 4.38. The molecule has 2 N–H and O–H groups in total. The highest BCUT2D eigenvalue weighted by Crippen LogP contribution is 2.18. The number of hydrogen-bond donors (Lipinski definition) is 1. The molecule has 1 aromatic heterocycles. The zero-order valence-electron chi connectivity index (χ0n) is 9.69. The lowest BCUT2D eigenvalue weighted by molar-refractivity contribution is 0.185. The van der Waals surface area contributed by atoms with E-state index in [2.05, 4.69) is 17.1 Å². The molecule has 5 nitrogen and oxygen atoms in total. The fraction of sp³-hybridized carbons (Fsp3) is 0.818. The monoisotopic (exact) mass is 225 g/mol. The second kappa shape index (κ2) is 5.41. The maximum absolute atomic E-state index is 5.91. The summed E-state index contributed by atoms with van der Waals surface area (Å²) >= 11 is 0. The van der Waals surface area contributed by atoms with Gasteiger partial charge in [0.05, 0.1) is 6.04 Å². The highest BCUT2D eigenvalue weighted by atomic mass is 16.5. The average molecular weight is 225 g/mol. The van der Waals surface area contributed by atoms with Crippen LogP contribution in [0.2, 0.25) is 0 Å². The highest BCUT2D eigenvalue weighted by Gasteiger charge is 2.20. The molecule has 2 atom stereocenters. The first-order valence-corrected chi connectivity index (χ1v) is 5.95. The van der Waals surface area contributed by atoms with Crippen molar-refractivity contribution in [2.45, 2.75) is 38.6 Å². The first-order chi connectivity index (χ1) is 7.79. The van der Waals surface area contributed by atoms with Crippen molar-refractivity contribution in [3.05, 3.63) is 11.7 Å². The van der Waals surface area contributed by atoms with E-state index in [0.29, 0.717) is 11.8 Å². The van der Waals surface area contributed by atoms with Crippen LogP contribution < -0.4 is 5.73 Å². The molecular weight excluding hydrogens is 206 g/mol. The summed E-state index contributed by atoms with van der Waals surface area (Å²) in [4.78, 5) is 4.33. The number of rotatable bonds is 5. The van der Waals surface area contributed by atoms with E-state index in [0.717, 1.165) is 44.7 Å². The summed E-state index contributed by atoms with van der Waals surface area (Å²) in [7, 11) is 0. The van der Waals surface area contributed by atoms with Crippen molar-refractivity contribution in [3.8, 4) is 0 Å². The summed E-state index contributed by atoms with van der Waals surface area (Å²) < 4.78 is 10.5. The molecule has 16 heavy (non-hydrogen) atoms. The molecule has 2 rings (SSSR count). The lowest BCUT2D eigenvalue weighted by Gasteiger charge is -2.03. The fourth-order valence-electron chi connectivity index (χ4n) is 1.94. The molecule has 90 valence electrons. The third kappa shape index (κ3) is 2.80. The number of aromatic nitrogens is 2. The van der Waals surface area contributed by atoms with Crippen LogP contribution in [-0.2, 0) is 11.2 Å². The minimum Gasteiger partial charge on any atom is -0.381 e. The standard InChI is InChI=1S/C11H19N3O2/c1-2-3-9(12)11-13-10(14-16-11)6-8-4-5-15-7-8/h8-9H,2-7,12H2,1H3/t8?,9-/m0/s1. The van der Waals surface area contributed by atoms with E-state index in [9.17, 15) is 0 Å². The predicted octanol–water partition coefficient (Wildman–Crippen LogP) is 1.45. The molecular formula is C11H19N3O2. The summed E-state index contributed by atoms with van der Waals surface area (Å²) in [6.07, 6.45) is 3.83. The van der Waals surface area contributed by atoms with Crippen molar-refractivity contribution in [3.63, 3.8) is 0 Å². The average Bonchev–Trinajstić information content (AvgIpc) is 2.90. The SMILES string of the molecule is CCC[C@H](N)c1nc(CC2CCOC2)no1. The molecule has 2 heterocycles. The Morgan fingerprint density at radius 1 is 1.56 bits per heavy atom. The van der Waals surface area contributed by atoms with E-state index in [1.54, 1.807) is 0 Å². The van der Waals surface area contributed by atoms with E-state index >= 15 is 0 Å². The molecule has 0 bridgehead atoms. The molecule has 1 unspecified atom stereocenters. The maximum Gasteiger partial charge on any atom is 0.243 e. The Morgan fingerprint density at radius 3 is 3.12 bits per heavy atom. The van der Waals surface area contributed by atoms with Crippen molar-refractivity contribution in [2.75, 3.05) is 13.2 Å².